The maximum atomic E-state index is 13.8. The average Bonchev–Trinajstić information content (AvgIpc) is 3.28. The van der Waals surface area contributed by atoms with Crippen molar-refractivity contribution in [3.63, 3.8) is 0 Å². The lowest BCUT2D eigenvalue weighted by atomic mass is 9.85. The molecule has 9 heteroatoms. The number of hydrogen-bond acceptors (Lipinski definition) is 6. The number of nitrogens with one attached hydrogen (secondary N) is 2. The minimum Gasteiger partial charge on any atom is -0.460 e. The van der Waals surface area contributed by atoms with Crippen molar-refractivity contribution >= 4 is 29.0 Å². The lowest BCUT2D eigenvalue weighted by Crippen LogP contribution is -2.57. The number of nitrogens with zero attached hydrogens (tertiary/aromatic N) is 2. The Kier molecular flexibility index (Phi) is 7.24. The first-order valence-corrected chi connectivity index (χ1v) is 11.6. The van der Waals surface area contributed by atoms with Crippen molar-refractivity contribution in [2.75, 3.05) is 6.54 Å². The van der Waals surface area contributed by atoms with E-state index in [1.807, 2.05) is 39.1 Å². The van der Waals surface area contributed by atoms with E-state index in [9.17, 15) is 14.4 Å². The summed E-state index contributed by atoms with van der Waals surface area (Å²) < 4.78 is 11.0. The molecule has 1 aliphatic rings. The van der Waals surface area contributed by atoms with Crippen LogP contribution < -0.4 is 5.32 Å². The molecule has 3 atom stereocenters. The highest BCUT2D eigenvalue weighted by molar-refractivity contribution is 5.87. The molecule has 0 aliphatic carbocycles. The van der Waals surface area contributed by atoms with E-state index < -0.39 is 29.3 Å². The van der Waals surface area contributed by atoms with E-state index in [1.165, 1.54) is 6.92 Å². The van der Waals surface area contributed by atoms with Gasteiger partial charge in [0.2, 0.25) is 5.91 Å². The van der Waals surface area contributed by atoms with Crippen LogP contribution >= 0.6 is 0 Å². The predicted molar refractivity (Wildman–Crippen MR) is 128 cm³/mol. The average molecular weight is 473 g/mol. The second-order valence-electron chi connectivity index (χ2n) is 10.9. The molecule has 0 bridgehead atoms. The van der Waals surface area contributed by atoms with E-state index in [4.69, 9.17) is 9.47 Å². The number of carbonyl (C=O) groups excluding carboxylic acids is 3. The lowest BCUT2D eigenvalue weighted by molar-refractivity contribution is -0.150. The van der Waals surface area contributed by atoms with E-state index in [1.54, 1.807) is 31.9 Å². The van der Waals surface area contributed by atoms with Crippen LogP contribution in [-0.2, 0) is 25.5 Å². The summed E-state index contributed by atoms with van der Waals surface area (Å²) in [5, 5.41) is 3.74. The number of likely N-dealkylation sites (tertiary alicyclic amines) is 1. The summed E-state index contributed by atoms with van der Waals surface area (Å²) in [6.07, 6.45) is 3.52. The molecule has 9 nitrogen and oxygen atoms in total. The highest BCUT2D eigenvalue weighted by Gasteiger charge is 2.45. The van der Waals surface area contributed by atoms with Crippen molar-refractivity contribution in [2.45, 2.75) is 85.1 Å². The smallest absolute Gasteiger partial charge is 0.408 e. The second-order valence-corrected chi connectivity index (χ2v) is 10.9. The molecule has 0 saturated carbocycles. The number of rotatable bonds is 5. The van der Waals surface area contributed by atoms with Gasteiger partial charge in [0.1, 0.15) is 23.4 Å². The highest BCUT2D eigenvalue weighted by Crippen LogP contribution is 2.31. The summed E-state index contributed by atoms with van der Waals surface area (Å²) in [6, 6.07) is 2.64. The van der Waals surface area contributed by atoms with E-state index in [0.717, 1.165) is 16.6 Å². The zero-order chi connectivity index (χ0) is 25.3. The van der Waals surface area contributed by atoms with Crippen LogP contribution in [-0.4, -0.2) is 63.2 Å². The van der Waals surface area contributed by atoms with Gasteiger partial charge in [0.25, 0.3) is 0 Å². The zero-order valence-corrected chi connectivity index (χ0v) is 21.1. The van der Waals surface area contributed by atoms with Crippen LogP contribution in [0.25, 0.3) is 11.0 Å². The SMILES string of the molecule is CC(=O)OC1CCN(C(=O)C(NC(=O)OC(C)(C)C)C(C)(C)C)C1Cc1c[nH]c2ncccc12. The van der Waals surface area contributed by atoms with Gasteiger partial charge in [-0.15, -0.1) is 0 Å². The number of carbonyl (C=O) groups is 3. The number of H-pyrrole nitrogens is 1. The van der Waals surface area contributed by atoms with E-state index in [2.05, 4.69) is 15.3 Å². The molecular weight excluding hydrogens is 436 g/mol. The number of fused-ring (bicyclic) bond motifs is 1. The Balaban J connectivity index is 1.89. The number of aromatic amines is 1. The molecule has 0 spiro atoms. The molecule has 186 valence electrons. The van der Waals surface area contributed by atoms with Gasteiger partial charge in [-0.3, -0.25) is 9.59 Å². The first kappa shape index (κ1) is 25.5. The van der Waals surface area contributed by atoms with Crippen molar-refractivity contribution < 1.29 is 23.9 Å². The standard InChI is InChI=1S/C25H36N4O5/c1-15(30)33-19-10-12-29(18(19)13-16-14-27-21-17(16)9-8-11-26-21)22(31)20(24(2,3)4)28-23(32)34-25(5,6)7/h8-9,11,14,18-20H,10,12-13H2,1-7H3,(H,26,27)(H,28,32). The molecule has 2 N–H and O–H groups in total. The van der Waals surface area contributed by atoms with E-state index in [-0.39, 0.29) is 17.9 Å². The number of ether oxygens (including phenoxy) is 2. The van der Waals surface area contributed by atoms with E-state index >= 15 is 0 Å². The maximum Gasteiger partial charge on any atom is 0.408 e. The van der Waals surface area contributed by atoms with Crippen LogP contribution in [0.4, 0.5) is 4.79 Å². The minimum atomic E-state index is -0.814. The third kappa shape index (κ3) is 6.07. The maximum absolute atomic E-state index is 13.8. The molecule has 3 rings (SSSR count). The van der Waals surface area contributed by atoms with Crippen LogP contribution in [0.2, 0.25) is 0 Å². The Labute approximate surface area is 200 Å². The Bertz CT molecular complexity index is 1050. The fourth-order valence-electron chi connectivity index (χ4n) is 4.34. The van der Waals surface area contributed by atoms with Crippen LogP contribution in [0.15, 0.2) is 24.5 Å². The number of alkyl carbamates (subject to hydrolysis) is 1. The molecule has 0 radical (unpaired) electrons. The van der Waals surface area contributed by atoms with Gasteiger partial charge in [-0.2, -0.15) is 0 Å². The Hall–Kier alpha value is -3.10. The minimum absolute atomic E-state index is 0.226. The van der Waals surface area contributed by atoms with Gasteiger partial charge in [-0.05, 0) is 50.3 Å². The lowest BCUT2D eigenvalue weighted by Gasteiger charge is -2.36. The largest absolute Gasteiger partial charge is 0.460 e. The van der Waals surface area contributed by atoms with E-state index in [0.29, 0.717) is 19.4 Å². The number of aromatic nitrogens is 2. The topological polar surface area (TPSA) is 114 Å². The van der Waals surface area contributed by atoms with Gasteiger partial charge >= 0.3 is 12.1 Å². The molecule has 1 aliphatic heterocycles. The third-order valence-electron chi connectivity index (χ3n) is 5.82. The zero-order valence-electron chi connectivity index (χ0n) is 21.1. The fourth-order valence-corrected chi connectivity index (χ4v) is 4.34. The molecule has 3 unspecified atom stereocenters. The first-order valence-electron chi connectivity index (χ1n) is 11.6. The Morgan fingerprint density at radius 2 is 1.94 bits per heavy atom. The van der Waals surface area contributed by atoms with Crippen molar-refractivity contribution in [1.29, 1.82) is 0 Å². The molecule has 1 saturated heterocycles. The summed E-state index contributed by atoms with van der Waals surface area (Å²) in [5.41, 5.74) is 0.493. The van der Waals surface area contributed by atoms with Gasteiger partial charge < -0.3 is 24.7 Å². The number of esters is 1. The predicted octanol–water partition coefficient (Wildman–Crippen LogP) is 3.58. The van der Waals surface area contributed by atoms with Crippen LogP contribution in [0, 0.1) is 5.41 Å². The normalized spacial score (nSPS) is 19.7. The van der Waals surface area contributed by atoms with Crippen LogP contribution in [0.1, 0.15) is 60.5 Å². The van der Waals surface area contributed by atoms with Gasteiger partial charge in [0.05, 0.1) is 6.04 Å². The monoisotopic (exact) mass is 472 g/mol. The summed E-state index contributed by atoms with van der Waals surface area (Å²) in [4.78, 5) is 47.4. The van der Waals surface area contributed by atoms with Crippen molar-refractivity contribution in [1.82, 2.24) is 20.2 Å². The summed E-state index contributed by atoms with van der Waals surface area (Å²) >= 11 is 0. The van der Waals surface area contributed by atoms with Gasteiger partial charge in [0.15, 0.2) is 0 Å². The summed E-state index contributed by atoms with van der Waals surface area (Å²) in [5.74, 6) is -0.611. The van der Waals surface area contributed by atoms with Crippen molar-refractivity contribution in [3.8, 4) is 0 Å². The number of hydrogen-bond donors (Lipinski definition) is 2. The molecular formula is C25H36N4O5. The Morgan fingerprint density at radius 1 is 1.24 bits per heavy atom. The molecule has 3 heterocycles. The van der Waals surface area contributed by atoms with Crippen molar-refractivity contribution in [2.24, 2.45) is 5.41 Å². The fraction of sp³-hybridized carbons (Fsp3) is 0.600. The number of amides is 2. The molecule has 2 aromatic rings. The van der Waals surface area contributed by atoms with Crippen molar-refractivity contribution in [3.05, 3.63) is 30.1 Å². The summed E-state index contributed by atoms with van der Waals surface area (Å²) in [7, 11) is 0. The van der Waals surface area contributed by atoms with Gasteiger partial charge in [-0.1, -0.05) is 20.8 Å². The van der Waals surface area contributed by atoms with Crippen LogP contribution in [0.5, 0.6) is 0 Å². The van der Waals surface area contributed by atoms with Gasteiger partial charge in [0, 0.05) is 37.7 Å². The molecule has 2 amide bonds. The number of pyridine rings is 1. The highest BCUT2D eigenvalue weighted by atomic mass is 16.6. The summed E-state index contributed by atoms with van der Waals surface area (Å²) in [6.45, 7) is 12.8. The van der Waals surface area contributed by atoms with Crippen LogP contribution in [0.3, 0.4) is 0 Å². The first-order chi connectivity index (χ1) is 15.8. The quantitative estimate of drug-likeness (QED) is 0.643. The molecule has 2 aromatic heterocycles. The third-order valence-corrected chi connectivity index (χ3v) is 5.82. The molecule has 34 heavy (non-hydrogen) atoms. The molecule has 1 fully saturated rings. The van der Waals surface area contributed by atoms with Gasteiger partial charge in [-0.25, -0.2) is 9.78 Å². The second kappa shape index (κ2) is 9.64. The Morgan fingerprint density at radius 3 is 2.56 bits per heavy atom. The molecule has 0 aromatic carbocycles.